The summed E-state index contributed by atoms with van der Waals surface area (Å²) >= 11 is 0. The summed E-state index contributed by atoms with van der Waals surface area (Å²) in [5.74, 6) is 0.901. The lowest BCUT2D eigenvalue weighted by Gasteiger charge is -2.29. The molecule has 100 valence electrons. The van der Waals surface area contributed by atoms with Crippen molar-refractivity contribution in [1.29, 1.82) is 0 Å². The van der Waals surface area contributed by atoms with Gasteiger partial charge < -0.3 is 15.0 Å². The molecule has 0 aromatic carbocycles. The summed E-state index contributed by atoms with van der Waals surface area (Å²) in [4.78, 5) is 2.44. The van der Waals surface area contributed by atoms with Crippen molar-refractivity contribution >= 4 is 0 Å². The molecule has 2 fully saturated rings. The van der Waals surface area contributed by atoms with Crippen LogP contribution in [0.3, 0.4) is 0 Å². The Kier molecular flexibility index (Phi) is 5.75. The van der Waals surface area contributed by atoms with Gasteiger partial charge in [-0.05, 0) is 77.7 Å². The van der Waals surface area contributed by atoms with E-state index in [-0.39, 0.29) is 0 Å². The van der Waals surface area contributed by atoms with Gasteiger partial charge in [0, 0.05) is 6.61 Å². The van der Waals surface area contributed by atoms with Gasteiger partial charge >= 0.3 is 0 Å². The van der Waals surface area contributed by atoms with Gasteiger partial charge in [-0.3, -0.25) is 0 Å². The predicted octanol–water partition coefficient (Wildman–Crippen LogP) is 1.88. The lowest BCUT2D eigenvalue weighted by atomic mass is 9.97. The van der Waals surface area contributed by atoms with E-state index < -0.39 is 0 Å². The summed E-state index contributed by atoms with van der Waals surface area (Å²) < 4.78 is 5.74. The van der Waals surface area contributed by atoms with Gasteiger partial charge in [0.2, 0.25) is 0 Å². The first-order valence-electron chi connectivity index (χ1n) is 7.35. The van der Waals surface area contributed by atoms with Crippen LogP contribution in [0, 0.1) is 5.92 Å². The van der Waals surface area contributed by atoms with Crippen molar-refractivity contribution < 1.29 is 4.74 Å². The van der Waals surface area contributed by atoms with Crippen LogP contribution in [0.1, 0.15) is 38.5 Å². The Morgan fingerprint density at radius 3 is 2.71 bits per heavy atom. The summed E-state index contributed by atoms with van der Waals surface area (Å²) in [6.45, 7) is 5.88. The van der Waals surface area contributed by atoms with Crippen LogP contribution in [0.25, 0.3) is 0 Å². The summed E-state index contributed by atoms with van der Waals surface area (Å²) in [6.07, 6.45) is 8.36. The molecule has 0 aromatic rings. The Morgan fingerprint density at radius 2 is 2.00 bits per heavy atom. The molecule has 2 rings (SSSR count). The van der Waals surface area contributed by atoms with Gasteiger partial charge in [0.25, 0.3) is 0 Å². The lowest BCUT2D eigenvalue weighted by Crippen LogP contribution is -2.35. The fraction of sp³-hybridized carbons (Fsp3) is 1.00. The van der Waals surface area contributed by atoms with Crippen molar-refractivity contribution in [2.45, 2.75) is 44.6 Å². The van der Waals surface area contributed by atoms with E-state index in [0.29, 0.717) is 6.10 Å². The number of nitrogens with one attached hydrogen (secondary N) is 1. The van der Waals surface area contributed by atoms with Gasteiger partial charge in [0.1, 0.15) is 0 Å². The number of hydrogen-bond acceptors (Lipinski definition) is 3. The highest BCUT2D eigenvalue weighted by Crippen LogP contribution is 2.16. The molecule has 0 aromatic heterocycles. The fourth-order valence-corrected chi connectivity index (χ4v) is 2.87. The van der Waals surface area contributed by atoms with Crippen molar-refractivity contribution in [3.05, 3.63) is 0 Å². The van der Waals surface area contributed by atoms with E-state index in [1.165, 1.54) is 58.2 Å². The summed E-state index contributed by atoms with van der Waals surface area (Å²) in [7, 11) is 2.23. The van der Waals surface area contributed by atoms with Crippen molar-refractivity contribution in [1.82, 2.24) is 10.2 Å². The van der Waals surface area contributed by atoms with Crippen LogP contribution in [-0.2, 0) is 4.74 Å². The molecule has 0 spiro atoms. The molecule has 2 saturated heterocycles. The second-order valence-corrected chi connectivity index (χ2v) is 5.73. The highest BCUT2D eigenvalue weighted by atomic mass is 16.5. The minimum atomic E-state index is 0.536. The first-order valence-corrected chi connectivity index (χ1v) is 7.35. The molecular formula is C14H28N2O. The van der Waals surface area contributed by atoms with Crippen LogP contribution in [-0.4, -0.2) is 50.8 Å². The number of likely N-dealkylation sites (tertiary alicyclic amines) is 1. The van der Waals surface area contributed by atoms with Gasteiger partial charge in [-0.2, -0.15) is 0 Å². The minimum absolute atomic E-state index is 0.536. The van der Waals surface area contributed by atoms with Gasteiger partial charge in [0.15, 0.2) is 0 Å². The topological polar surface area (TPSA) is 24.5 Å². The van der Waals surface area contributed by atoms with Crippen molar-refractivity contribution in [3.8, 4) is 0 Å². The molecule has 0 saturated carbocycles. The average molecular weight is 240 g/mol. The Morgan fingerprint density at radius 1 is 1.18 bits per heavy atom. The van der Waals surface area contributed by atoms with Gasteiger partial charge in [0.05, 0.1) is 6.10 Å². The molecule has 3 heteroatoms. The quantitative estimate of drug-likeness (QED) is 0.743. The first-order chi connectivity index (χ1) is 8.34. The third-order valence-electron chi connectivity index (χ3n) is 4.19. The normalized spacial score (nSPS) is 28.4. The van der Waals surface area contributed by atoms with Crippen LogP contribution in [0.5, 0.6) is 0 Å². The van der Waals surface area contributed by atoms with Gasteiger partial charge in [-0.15, -0.1) is 0 Å². The molecule has 17 heavy (non-hydrogen) atoms. The van der Waals surface area contributed by atoms with Gasteiger partial charge in [-0.25, -0.2) is 0 Å². The average Bonchev–Trinajstić information content (AvgIpc) is 2.38. The molecule has 1 N–H and O–H groups in total. The Hall–Kier alpha value is -0.120. The van der Waals surface area contributed by atoms with E-state index in [0.717, 1.165) is 19.1 Å². The highest BCUT2D eigenvalue weighted by molar-refractivity contribution is 4.72. The maximum atomic E-state index is 5.74. The van der Waals surface area contributed by atoms with Crippen LogP contribution in [0.2, 0.25) is 0 Å². The molecule has 2 aliphatic rings. The Bertz CT molecular complexity index is 196. The molecule has 3 nitrogen and oxygen atoms in total. The number of nitrogens with zero attached hydrogens (tertiary/aromatic N) is 1. The smallest absolute Gasteiger partial charge is 0.0587 e. The maximum Gasteiger partial charge on any atom is 0.0587 e. The number of hydrogen-bond donors (Lipinski definition) is 1. The predicted molar refractivity (Wildman–Crippen MR) is 71.3 cm³/mol. The molecule has 0 amide bonds. The van der Waals surface area contributed by atoms with E-state index in [1.54, 1.807) is 0 Å². The van der Waals surface area contributed by atoms with Crippen LogP contribution in [0.4, 0.5) is 0 Å². The zero-order valence-electron chi connectivity index (χ0n) is 11.3. The molecule has 0 aliphatic carbocycles. The van der Waals surface area contributed by atoms with Crippen LogP contribution in [0.15, 0.2) is 0 Å². The van der Waals surface area contributed by atoms with E-state index in [1.807, 2.05) is 0 Å². The molecule has 2 heterocycles. The largest absolute Gasteiger partial charge is 0.378 e. The van der Waals surface area contributed by atoms with E-state index >= 15 is 0 Å². The second kappa shape index (κ2) is 7.34. The molecule has 0 radical (unpaired) electrons. The van der Waals surface area contributed by atoms with Gasteiger partial charge in [-0.1, -0.05) is 0 Å². The Labute approximate surface area is 106 Å². The monoisotopic (exact) mass is 240 g/mol. The van der Waals surface area contributed by atoms with Crippen LogP contribution < -0.4 is 5.32 Å². The van der Waals surface area contributed by atoms with E-state index in [2.05, 4.69) is 17.3 Å². The summed E-state index contributed by atoms with van der Waals surface area (Å²) in [5.41, 5.74) is 0. The SMILES string of the molecule is CN1CCC(CNCCC2CCCCO2)CC1. The zero-order chi connectivity index (χ0) is 11.9. The molecule has 0 bridgehead atoms. The second-order valence-electron chi connectivity index (χ2n) is 5.73. The lowest BCUT2D eigenvalue weighted by molar-refractivity contribution is 0.0114. The van der Waals surface area contributed by atoms with E-state index in [9.17, 15) is 0 Å². The minimum Gasteiger partial charge on any atom is -0.378 e. The van der Waals surface area contributed by atoms with Crippen LogP contribution >= 0.6 is 0 Å². The summed E-state index contributed by atoms with van der Waals surface area (Å²) in [5, 5.41) is 3.62. The zero-order valence-corrected chi connectivity index (χ0v) is 11.3. The number of ether oxygens (including phenoxy) is 1. The fourth-order valence-electron chi connectivity index (χ4n) is 2.87. The molecule has 1 unspecified atom stereocenters. The summed E-state index contributed by atoms with van der Waals surface area (Å²) in [6, 6.07) is 0. The molecule has 1 atom stereocenters. The van der Waals surface area contributed by atoms with Crippen molar-refractivity contribution in [3.63, 3.8) is 0 Å². The number of piperidine rings is 1. The third-order valence-corrected chi connectivity index (χ3v) is 4.19. The highest BCUT2D eigenvalue weighted by Gasteiger charge is 2.17. The van der Waals surface area contributed by atoms with Crippen molar-refractivity contribution in [2.75, 3.05) is 39.8 Å². The standard InChI is InChI=1S/C14H28N2O/c1-16-9-6-13(7-10-16)12-15-8-5-14-4-2-3-11-17-14/h13-15H,2-12H2,1H3. The molecular weight excluding hydrogens is 212 g/mol. The number of rotatable bonds is 5. The molecule has 2 aliphatic heterocycles. The Balaban J connectivity index is 1.48. The third kappa shape index (κ3) is 4.94. The first kappa shape index (κ1) is 13.3. The van der Waals surface area contributed by atoms with E-state index in [4.69, 9.17) is 4.74 Å². The maximum absolute atomic E-state index is 5.74. The van der Waals surface area contributed by atoms with Crippen molar-refractivity contribution in [2.24, 2.45) is 5.92 Å².